The van der Waals surface area contributed by atoms with Gasteiger partial charge < -0.3 is 26.0 Å². The van der Waals surface area contributed by atoms with Crippen LogP contribution < -0.4 is 4.74 Å². The van der Waals surface area contributed by atoms with E-state index in [1.807, 2.05) is 12.1 Å². The molecule has 1 aromatic rings. The Labute approximate surface area is 212 Å². The second kappa shape index (κ2) is 14.8. The molecule has 2 fully saturated rings. The van der Waals surface area contributed by atoms with Crippen LogP contribution in [0, 0.1) is 0 Å². The minimum atomic E-state index is -0.335. The standard InChI is InChI=1S/C23H33N5O2.2ClH.Mn/c1-16(29)30-23-11-10-17-14-26-20-8-4-2-6-18(20)24-12-13-25-19-7-3-5-9-21(19)27-15-22(23)28-17;;;/h10-11,18-21H,2-9,12-15H2,1H3;2*1H;/q-4;;;+2/p-2/t18?,19-,20?,21-;;;/m1.../s1. The molecule has 33 heavy (non-hydrogen) atoms. The zero-order valence-corrected chi connectivity index (χ0v) is 21.8. The SMILES string of the molecule is CC(=O)Oc1ccc2nc1C[N-][C@@H]1CCCC[C@H]1[N-]CC[N-]C1CCCCC1[N-]C2.[Cl][Mn][Cl]. The van der Waals surface area contributed by atoms with Crippen LogP contribution in [0.15, 0.2) is 12.1 Å². The van der Waals surface area contributed by atoms with Crippen LogP contribution in [-0.2, 0) is 31.0 Å². The molecule has 0 aromatic carbocycles. The molecule has 4 atom stereocenters. The van der Waals surface area contributed by atoms with Gasteiger partial charge in [0.1, 0.15) is 0 Å². The Morgan fingerprint density at radius 1 is 0.879 bits per heavy atom. The van der Waals surface area contributed by atoms with Gasteiger partial charge in [0.25, 0.3) is 0 Å². The molecule has 1 aromatic heterocycles. The van der Waals surface area contributed by atoms with E-state index in [0.29, 0.717) is 24.9 Å². The minimum absolute atomic E-state index is 0.00694. The van der Waals surface area contributed by atoms with Crippen molar-refractivity contribution in [1.82, 2.24) is 4.98 Å². The van der Waals surface area contributed by atoms with Crippen molar-refractivity contribution in [2.75, 3.05) is 13.1 Å². The van der Waals surface area contributed by atoms with Crippen LogP contribution in [0.2, 0.25) is 0 Å². The predicted octanol–water partition coefficient (Wildman–Crippen LogP) is 6.51. The third-order valence-corrected chi connectivity index (χ3v) is 6.42. The number of esters is 1. The molecule has 7 nitrogen and oxygen atoms in total. The first-order valence-electron chi connectivity index (χ1n) is 11.8. The summed E-state index contributed by atoms with van der Waals surface area (Å²) in [6.45, 7) is 4.01. The number of fused-ring (bicyclic) bond motifs is 4. The molecular formula is C23H33Cl2MnN5O2-4. The van der Waals surface area contributed by atoms with Gasteiger partial charge in [0, 0.05) is 12.6 Å². The van der Waals surface area contributed by atoms with Gasteiger partial charge in [0.2, 0.25) is 0 Å². The van der Waals surface area contributed by atoms with E-state index in [-0.39, 0.29) is 37.2 Å². The number of aromatic nitrogens is 1. The Bertz CT molecular complexity index is 745. The van der Waals surface area contributed by atoms with Crippen molar-refractivity contribution in [1.29, 1.82) is 0 Å². The van der Waals surface area contributed by atoms with Gasteiger partial charge in [0.05, 0.1) is 5.69 Å². The van der Waals surface area contributed by atoms with Crippen molar-refractivity contribution in [2.24, 2.45) is 0 Å². The number of hydrogen-bond donors (Lipinski definition) is 0. The van der Waals surface area contributed by atoms with Crippen molar-refractivity contribution < 1.29 is 22.7 Å². The van der Waals surface area contributed by atoms with Crippen molar-refractivity contribution >= 4 is 26.2 Å². The fraction of sp³-hybridized carbons (Fsp3) is 0.739. The first-order chi connectivity index (χ1) is 16.1. The van der Waals surface area contributed by atoms with E-state index in [1.54, 1.807) is 0 Å². The quantitative estimate of drug-likeness (QED) is 0.302. The normalized spacial score (nSPS) is 28.6. The summed E-state index contributed by atoms with van der Waals surface area (Å²) in [5.74, 6) is 0.174. The van der Waals surface area contributed by atoms with Gasteiger partial charge in [-0.1, -0.05) is 51.4 Å². The Morgan fingerprint density at radius 2 is 1.36 bits per heavy atom. The molecule has 0 spiro atoms. The molecule has 1 aliphatic heterocycles. The van der Waals surface area contributed by atoms with Gasteiger partial charge in [-0.3, -0.25) is 9.78 Å². The van der Waals surface area contributed by atoms with Gasteiger partial charge >= 0.3 is 39.3 Å². The Balaban J connectivity index is 0.000000968. The first kappa shape index (κ1) is 27.2. The maximum atomic E-state index is 11.5. The number of ether oxygens (including phenoxy) is 1. The summed E-state index contributed by atoms with van der Waals surface area (Å²) in [4.78, 5) is 16.3. The van der Waals surface area contributed by atoms with Crippen LogP contribution in [0.1, 0.15) is 69.7 Å². The van der Waals surface area contributed by atoms with Gasteiger partial charge in [-0.15, -0.1) is 13.1 Å². The number of pyridine rings is 1. The van der Waals surface area contributed by atoms with Gasteiger partial charge in [-0.2, -0.15) is 37.3 Å². The molecule has 2 unspecified atom stereocenters. The summed E-state index contributed by atoms with van der Waals surface area (Å²) in [6, 6.07) is 4.82. The summed E-state index contributed by atoms with van der Waals surface area (Å²) in [6.07, 6.45) is 9.25. The average molecular weight is 537 g/mol. The van der Waals surface area contributed by atoms with Crippen molar-refractivity contribution in [2.45, 2.75) is 95.5 Å². The number of carbonyl (C=O) groups is 1. The number of carbonyl (C=O) groups excluding carboxylic acids is 1. The molecule has 2 saturated carbocycles. The van der Waals surface area contributed by atoms with Crippen molar-refractivity contribution in [3.05, 3.63) is 44.8 Å². The second-order valence-corrected chi connectivity index (χ2v) is 10.7. The zero-order valence-electron chi connectivity index (χ0n) is 19.1. The van der Waals surface area contributed by atoms with Crippen LogP contribution in [-0.4, -0.2) is 48.2 Å². The van der Waals surface area contributed by atoms with Crippen LogP contribution in [0.25, 0.3) is 21.3 Å². The molecule has 0 amide bonds. The van der Waals surface area contributed by atoms with E-state index in [2.05, 4.69) is 0 Å². The van der Waals surface area contributed by atoms with Crippen molar-refractivity contribution in [3.63, 3.8) is 0 Å². The number of hydrogen-bond acceptors (Lipinski definition) is 3. The van der Waals surface area contributed by atoms with Crippen LogP contribution in [0.5, 0.6) is 5.75 Å². The summed E-state index contributed by atoms with van der Waals surface area (Å²) in [7, 11) is 9.59. The Hall–Kier alpha value is -0.441. The third kappa shape index (κ3) is 8.93. The summed E-state index contributed by atoms with van der Waals surface area (Å²) >= 11 is 0.00694. The van der Waals surface area contributed by atoms with E-state index in [0.717, 1.165) is 50.2 Å². The van der Waals surface area contributed by atoms with E-state index >= 15 is 0 Å². The second-order valence-electron chi connectivity index (χ2n) is 8.73. The van der Waals surface area contributed by atoms with Crippen LogP contribution in [0.4, 0.5) is 0 Å². The molecule has 2 aliphatic carbocycles. The molecular weight excluding hydrogens is 504 g/mol. The van der Waals surface area contributed by atoms with Gasteiger partial charge in [-0.05, 0) is 12.1 Å². The summed E-state index contributed by atoms with van der Waals surface area (Å²) in [5.41, 5.74) is 1.63. The number of rotatable bonds is 1. The molecule has 2 heterocycles. The predicted molar refractivity (Wildman–Crippen MR) is 130 cm³/mol. The van der Waals surface area contributed by atoms with Crippen LogP contribution >= 0.6 is 20.2 Å². The molecule has 0 radical (unpaired) electrons. The fourth-order valence-corrected chi connectivity index (χ4v) is 4.88. The Kier molecular flexibility index (Phi) is 12.2. The van der Waals surface area contributed by atoms with E-state index in [9.17, 15) is 4.79 Å². The molecule has 2 bridgehead atoms. The van der Waals surface area contributed by atoms with Gasteiger partial charge in [-0.25, -0.2) is 0 Å². The van der Waals surface area contributed by atoms with E-state index in [1.165, 1.54) is 32.6 Å². The number of halogens is 2. The van der Waals surface area contributed by atoms with Crippen LogP contribution in [0.3, 0.4) is 0 Å². The molecule has 187 valence electrons. The molecule has 4 rings (SSSR count). The average Bonchev–Trinajstić information content (AvgIpc) is 2.81. The molecule has 0 saturated heterocycles. The Morgan fingerprint density at radius 3 is 1.88 bits per heavy atom. The fourth-order valence-electron chi connectivity index (χ4n) is 4.88. The molecule has 0 N–H and O–H groups in total. The summed E-state index contributed by atoms with van der Waals surface area (Å²) < 4.78 is 5.41. The molecule has 3 aliphatic rings. The molecule has 10 heteroatoms. The van der Waals surface area contributed by atoms with Gasteiger partial charge in [0.15, 0.2) is 5.75 Å². The third-order valence-electron chi connectivity index (χ3n) is 6.42. The zero-order chi connectivity index (χ0) is 23.5. The first-order valence-corrected chi connectivity index (χ1v) is 15.1. The summed E-state index contributed by atoms with van der Waals surface area (Å²) in [5, 5.41) is 19.9. The van der Waals surface area contributed by atoms with E-state index < -0.39 is 0 Å². The number of nitrogens with zero attached hydrogens (tertiary/aromatic N) is 5. The monoisotopic (exact) mass is 536 g/mol. The maximum absolute atomic E-state index is 11.5. The van der Waals surface area contributed by atoms with E-state index in [4.69, 9.17) is 51.2 Å². The van der Waals surface area contributed by atoms with Crippen molar-refractivity contribution in [3.8, 4) is 5.75 Å². The topological polar surface area (TPSA) is 95.6 Å².